The Labute approximate surface area is 167 Å². The lowest BCUT2D eigenvalue weighted by Crippen LogP contribution is -2.32. The molecular formula is C21H22FN5O2. The van der Waals surface area contributed by atoms with Crippen molar-refractivity contribution in [1.82, 2.24) is 25.4 Å². The van der Waals surface area contributed by atoms with Crippen LogP contribution in [-0.4, -0.2) is 33.8 Å². The zero-order valence-electron chi connectivity index (χ0n) is 15.8. The summed E-state index contributed by atoms with van der Waals surface area (Å²) in [5.41, 5.74) is 1.05. The molecule has 3 heterocycles. The molecule has 0 aliphatic carbocycles. The van der Waals surface area contributed by atoms with Crippen LogP contribution < -0.4 is 15.4 Å². The number of ether oxygens (including phenoxy) is 1. The van der Waals surface area contributed by atoms with Crippen LogP contribution in [0.4, 0.5) is 4.39 Å². The van der Waals surface area contributed by atoms with E-state index in [1.807, 2.05) is 10.9 Å². The Morgan fingerprint density at radius 2 is 2.24 bits per heavy atom. The molecule has 4 rings (SSSR count). The van der Waals surface area contributed by atoms with Crippen LogP contribution in [0.25, 0.3) is 0 Å². The number of rotatable bonds is 6. The van der Waals surface area contributed by atoms with E-state index in [9.17, 15) is 9.18 Å². The van der Waals surface area contributed by atoms with Gasteiger partial charge in [-0.05, 0) is 43.7 Å². The SMILES string of the molecule is O=C(NCc1cccnc1Oc1cccc(F)c1)c1ccn(C2CCCNC2)n1. The van der Waals surface area contributed by atoms with E-state index in [-0.39, 0.29) is 18.5 Å². The molecule has 1 aliphatic rings. The molecule has 1 aromatic carbocycles. The zero-order chi connectivity index (χ0) is 20.1. The first-order valence-corrected chi connectivity index (χ1v) is 9.60. The minimum Gasteiger partial charge on any atom is -0.439 e. The molecule has 1 amide bonds. The highest BCUT2D eigenvalue weighted by atomic mass is 19.1. The van der Waals surface area contributed by atoms with E-state index in [4.69, 9.17) is 4.74 Å². The van der Waals surface area contributed by atoms with Crippen molar-refractivity contribution in [1.29, 1.82) is 0 Å². The molecule has 2 aromatic heterocycles. The maximum Gasteiger partial charge on any atom is 0.272 e. The summed E-state index contributed by atoms with van der Waals surface area (Å²) in [6, 6.07) is 11.4. The normalized spacial score (nSPS) is 16.4. The second-order valence-electron chi connectivity index (χ2n) is 6.89. The van der Waals surface area contributed by atoms with Crippen LogP contribution in [0.2, 0.25) is 0 Å². The molecule has 1 unspecified atom stereocenters. The summed E-state index contributed by atoms with van der Waals surface area (Å²) in [7, 11) is 0. The number of piperidine rings is 1. The van der Waals surface area contributed by atoms with Gasteiger partial charge in [0.05, 0.1) is 6.04 Å². The van der Waals surface area contributed by atoms with Gasteiger partial charge in [0.25, 0.3) is 5.91 Å². The molecule has 0 bridgehead atoms. The van der Waals surface area contributed by atoms with E-state index < -0.39 is 5.82 Å². The van der Waals surface area contributed by atoms with E-state index in [0.29, 0.717) is 22.9 Å². The molecule has 0 saturated carbocycles. The number of pyridine rings is 1. The Bertz CT molecular complexity index is 984. The van der Waals surface area contributed by atoms with Crippen LogP contribution in [-0.2, 0) is 6.54 Å². The first kappa shape index (κ1) is 19.1. The fourth-order valence-corrected chi connectivity index (χ4v) is 3.28. The molecule has 2 N–H and O–H groups in total. The molecule has 0 radical (unpaired) electrons. The molecule has 1 aliphatic heterocycles. The van der Waals surface area contributed by atoms with E-state index in [1.165, 1.54) is 12.1 Å². The van der Waals surface area contributed by atoms with Crippen molar-refractivity contribution in [2.75, 3.05) is 13.1 Å². The van der Waals surface area contributed by atoms with Crippen molar-refractivity contribution in [3.05, 3.63) is 71.9 Å². The molecule has 1 saturated heterocycles. The van der Waals surface area contributed by atoms with Gasteiger partial charge >= 0.3 is 0 Å². The largest absolute Gasteiger partial charge is 0.439 e. The summed E-state index contributed by atoms with van der Waals surface area (Å²) < 4.78 is 20.9. The number of hydrogen-bond donors (Lipinski definition) is 2. The summed E-state index contributed by atoms with van der Waals surface area (Å²) in [5, 5.41) is 10.6. The minimum atomic E-state index is -0.392. The Hall–Kier alpha value is -3.26. The van der Waals surface area contributed by atoms with Gasteiger partial charge < -0.3 is 15.4 Å². The number of nitrogens with one attached hydrogen (secondary N) is 2. The summed E-state index contributed by atoms with van der Waals surface area (Å²) >= 11 is 0. The van der Waals surface area contributed by atoms with E-state index in [0.717, 1.165) is 25.9 Å². The highest BCUT2D eigenvalue weighted by Gasteiger charge is 2.18. The molecular weight excluding hydrogens is 373 g/mol. The Balaban J connectivity index is 1.40. The van der Waals surface area contributed by atoms with E-state index >= 15 is 0 Å². The van der Waals surface area contributed by atoms with Gasteiger partial charge in [0.2, 0.25) is 5.88 Å². The summed E-state index contributed by atoms with van der Waals surface area (Å²) in [5.74, 6) is -0.00145. The molecule has 7 nitrogen and oxygen atoms in total. The number of aromatic nitrogens is 3. The van der Waals surface area contributed by atoms with Crippen LogP contribution in [0, 0.1) is 5.82 Å². The smallest absolute Gasteiger partial charge is 0.272 e. The van der Waals surface area contributed by atoms with Gasteiger partial charge in [-0.1, -0.05) is 12.1 Å². The van der Waals surface area contributed by atoms with Gasteiger partial charge in [-0.15, -0.1) is 0 Å². The van der Waals surface area contributed by atoms with Gasteiger partial charge in [0.1, 0.15) is 17.3 Å². The molecule has 29 heavy (non-hydrogen) atoms. The van der Waals surface area contributed by atoms with E-state index in [2.05, 4.69) is 20.7 Å². The van der Waals surface area contributed by atoms with Crippen molar-refractivity contribution in [2.45, 2.75) is 25.4 Å². The Kier molecular flexibility index (Phi) is 5.81. The molecule has 1 fully saturated rings. The third kappa shape index (κ3) is 4.78. The van der Waals surface area contributed by atoms with E-state index in [1.54, 1.807) is 36.5 Å². The van der Waals surface area contributed by atoms with Gasteiger partial charge in [-0.2, -0.15) is 5.10 Å². The molecule has 3 aromatic rings. The third-order valence-corrected chi connectivity index (χ3v) is 4.79. The van der Waals surface area contributed by atoms with Gasteiger partial charge in [0.15, 0.2) is 0 Å². The zero-order valence-corrected chi connectivity index (χ0v) is 15.8. The highest BCUT2D eigenvalue weighted by molar-refractivity contribution is 5.92. The lowest BCUT2D eigenvalue weighted by Gasteiger charge is -2.22. The van der Waals surface area contributed by atoms with Crippen molar-refractivity contribution >= 4 is 5.91 Å². The van der Waals surface area contributed by atoms with Crippen LogP contribution >= 0.6 is 0 Å². The summed E-state index contributed by atoms with van der Waals surface area (Å²) in [6.07, 6.45) is 5.57. The summed E-state index contributed by atoms with van der Waals surface area (Å²) in [6.45, 7) is 2.10. The Morgan fingerprint density at radius 3 is 3.07 bits per heavy atom. The van der Waals surface area contributed by atoms with Crippen LogP contribution in [0.5, 0.6) is 11.6 Å². The lowest BCUT2D eigenvalue weighted by atomic mass is 10.1. The molecule has 1 atom stereocenters. The maximum absolute atomic E-state index is 13.4. The number of carbonyl (C=O) groups excluding carboxylic acids is 1. The standard InChI is InChI=1S/C21H22FN5O2/c22-16-5-1-7-18(12-16)29-21-15(4-2-10-24-21)13-25-20(28)19-8-11-27(26-19)17-6-3-9-23-14-17/h1-2,4-5,7-8,10-12,17,23H,3,6,9,13-14H2,(H,25,28). The number of nitrogens with zero attached hydrogens (tertiary/aromatic N) is 3. The van der Waals surface area contributed by atoms with Crippen molar-refractivity contribution in [3.8, 4) is 11.6 Å². The average molecular weight is 395 g/mol. The van der Waals surface area contributed by atoms with Crippen LogP contribution in [0.15, 0.2) is 54.9 Å². The number of amides is 1. The highest BCUT2D eigenvalue weighted by Crippen LogP contribution is 2.23. The van der Waals surface area contributed by atoms with Gasteiger partial charge in [0, 0.05) is 37.1 Å². The maximum atomic E-state index is 13.4. The quantitative estimate of drug-likeness (QED) is 0.671. The fourth-order valence-electron chi connectivity index (χ4n) is 3.28. The van der Waals surface area contributed by atoms with Crippen LogP contribution in [0.3, 0.4) is 0 Å². The summed E-state index contributed by atoms with van der Waals surface area (Å²) in [4.78, 5) is 16.7. The average Bonchev–Trinajstić information content (AvgIpc) is 3.24. The molecule has 0 spiro atoms. The Morgan fingerprint density at radius 1 is 1.31 bits per heavy atom. The number of halogens is 1. The topological polar surface area (TPSA) is 81.1 Å². The second kappa shape index (κ2) is 8.83. The van der Waals surface area contributed by atoms with Crippen molar-refractivity contribution in [3.63, 3.8) is 0 Å². The van der Waals surface area contributed by atoms with Gasteiger partial charge in [-0.3, -0.25) is 9.48 Å². The number of benzene rings is 1. The number of carbonyl (C=O) groups is 1. The second-order valence-corrected chi connectivity index (χ2v) is 6.89. The minimum absolute atomic E-state index is 0.217. The first-order valence-electron chi connectivity index (χ1n) is 9.60. The van der Waals surface area contributed by atoms with Crippen molar-refractivity contribution < 1.29 is 13.9 Å². The lowest BCUT2D eigenvalue weighted by molar-refractivity contribution is 0.0944. The third-order valence-electron chi connectivity index (χ3n) is 4.79. The number of hydrogen-bond acceptors (Lipinski definition) is 5. The first-order chi connectivity index (χ1) is 14.2. The van der Waals surface area contributed by atoms with Crippen molar-refractivity contribution in [2.24, 2.45) is 0 Å². The predicted octanol–water partition coefficient (Wildman–Crippen LogP) is 3.06. The molecule has 150 valence electrons. The monoisotopic (exact) mass is 395 g/mol. The predicted molar refractivity (Wildman–Crippen MR) is 105 cm³/mol. The fraction of sp³-hybridized carbons (Fsp3) is 0.286. The molecule has 8 heteroatoms. The van der Waals surface area contributed by atoms with Crippen LogP contribution in [0.1, 0.15) is 34.9 Å². The van der Waals surface area contributed by atoms with Gasteiger partial charge in [-0.25, -0.2) is 9.37 Å².